The Kier molecular flexibility index (Phi) is 15.1. The van der Waals surface area contributed by atoms with E-state index in [4.69, 9.17) is 4.99 Å². The van der Waals surface area contributed by atoms with Crippen LogP contribution in [-0.4, -0.2) is 0 Å². The Morgan fingerprint density at radius 2 is 0.736 bits per heavy atom. The van der Waals surface area contributed by atoms with E-state index in [-0.39, 0.29) is 22.2 Å². The van der Waals surface area contributed by atoms with Crippen molar-refractivity contribution in [1.29, 1.82) is 0 Å². The first kappa shape index (κ1) is 38.4. The maximum absolute atomic E-state index is 12.4. The van der Waals surface area contributed by atoms with Crippen LogP contribution in [0.25, 0.3) is 22.3 Å². The minimum atomic E-state index is -0.446. The summed E-state index contributed by atoms with van der Waals surface area (Å²) in [7, 11) is -0.446. The first-order valence-corrected chi connectivity index (χ1v) is 18.5. The Labute approximate surface area is 324 Å². The molecule has 0 fully saturated rings. The Hall–Kier alpha value is -5.85. The second-order valence-corrected chi connectivity index (χ2v) is 13.8. The summed E-state index contributed by atoms with van der Waals surface area (Å²) in [6, 6.07) is 80.0. The molecule has 0 bridgehead atoms. The quantitative estimate of drug-likeness (QED) is 0.0948. The van der Waals surface area contributed by atoms with Gasteiger partial charge in [0.25, 0.3) is 0 Å². The molecular weight excluding hydrogens is 708 g/mol. The molecule has 53 heavy (non-hydrogen) atoms. The molecule has 4 heteroatoms. The summed E-state index contributed by atoms with van der Waals surface area (Å²) >= 11 is 0. The molecule has 2 nitrogen and oxygen atoms in total. The SMILES string of the molecule is [Ni+2].[O-]c1cccccc1=Nc1c(-c2ccccc2)cccc1-c1ccccc1.[c-]1ccccc1.c1ccc(P(c2ccccc2)c2ccccc2)cc1. The Morgan fingerprint density at radius 1 is 0.377 bits per heavy atom. The van der Waals surface area contributed by atoms with Gasteiger partial charge in [-0.3, -0.25) is 0 Å². The van der Waals surface area contributed by atoms with Crippen LogP contribution in [0, 0.1) is 6.07 Å². The number of para-hydroxylation sites is 1. The van der Waals surface area contributed by atoms with E-state index in [1.165, 1.54) is 15.9 Å². The fourth-order valence-corrected chi connectivity index (χ4v) is 7.92. The smallest absolute Gasteiger partial charge is 0.871 e. The molecule has 0 saturated heterocycles. The van der Waals surface area contributed by atoms with Gasteiger partial charge in [0.2, 0.25) is 0 Å². The van der Waals surface area contributed by atoms with Crippen LogP contribution in [-0.2, 0) is 16.5 Å². The maximum atomic E-state index is 12.4. The Balaban J connectivity index is 0.000000180. The second-order valence-electron chi connectivity index (χ2n) is 11.6. The zero-order valence-electron chi connectivity index (χ0n) is 29.1. The summed E-state index contributed by atoms with van der Waals surface area (Å²) in [5.41, 5.74) is 4.95. The third-order valence-corrected chi connectivity index (χ3v) is 10.5. The van der Waals surface area contributed by atoms with Crippen LogP contribution in [0.15, 0.2) is 236 Å². The molecule has 0 aliphatic carbocycles. The van der Waals surface area contributed by atoms with E-state index in [1.54, 1.807) is 18.2 Å². The van der Waals surface area contributed by atoms with Crippen LogP contribution in [0.2, 0.25) is 0 Å². The van der Waals surface area contributed by atoms with Gasteiger partial charge in [0.05, 0.1) is 11.0 Å². The zero-order chi connectivity index (χ0) is 35.6. The van der Waals surface area contributed by atoms with Crippen molar-refractivity contribution in [1.82, 2.24) is 0 Å². The number of hydrogen-bond donors (Lipinski definition) is 0. The van der Waals surface area contributed by atoms with E-state index in [2.05, 4.69) is 121 Å². The molecule has 0 aliphatic rings. The van der Waals surface area contributed by atoms with E-state index in [1.807, 2.05) is 97.1 Å². The molecular formula is C49H38NNiOP. The first-order valence-electron chi connectivity index (χ1n) is 17.2. The fraction of sp³-hybridized carbons (Fsp3) is 0. The molecule has 8 aromatic rings. The average Bonchev–Trinajstić information content (AvgIpc) is 3.44. The molecule has 0 aromatic heterocycles. The van der Waals surface area contributed by atoms with Crippen LogP contribution in [0.5, 0.6) is 5.75 Å². The van der Waals surface area contributed by atoms with Crippen molar-refractivity contribution in [2.45, 2.75) is 0 Å². The predicted octanol–water partition coefficient (Wildman–Crippen LogP) is 10.3. The summed E-state index contributed by atoms with van der Waals surface area (Å²) in [5.74, 6) is -0.0955. The van der Waals surface area contributed by atoms with Gasteiger partial charge in [-0.05, 0) is 41.0 Å². The topological polar surface area (TPSA) is 35.4 Å². The van der Waals surface area contributed by atoms with Crippen molar-refractivity contribution in [3.8, 4) is 28.0 Å². The minimum absolute atomic E-state index is 0. The molecule has 0 radical (unpaired) electrons. The van der Waals surface area contributed by atoms with Crippen LogP contribution in [0.1, 0.15) is 0 Å². The van der Waals surface area contributed by atoms with Gasteiger partial charge in [-0.1, -0.05) is 200 Å². The molecule has 8 rings (SSSR count). The molecule has 0 N–H and O–H groups in total. The van der Waals surface area contributed by atoms with E-state index in [0.717, 1.165) is 27.9 Å². The average molecular weight is 747 g/mol. The van der Waals surface area contributed by atoms with Crippen molar-refractivity contribution < 1.29 is 21.6 Å². The van der Waals surface area contributed by atoms with Crippen LogP contribution in [0.3, 0.4) is 0 Å². The Morgan fingerprint density at radius 3 is 1.11 bits per heavy atom. The van der Waals surface area contributed by atoms with Gasteiger partial charge < -0.3 is 5.11 Å². The molecule has 0 aliphatic heterocycles. The number of rotatable bonds is 6. The van der Waals surface area contributed by atoms with Gasteiger partial charge in [-0.2, -0.15) is 36.4 Å². The number of nitrogens with zero attached hydrogens (tertiary/aromatic N) is 1. The van der Waals surface area contributed by atoms with Crippen LogP contribution >= 0.6 is 7.92 Å². The summed E-state index contributed by atoms with van der Waals surface area (Å²) in [4.78, 5) is 4.82. The second kappa shape index (κ2) is 20.9. The summed E-state index contributed by atoms with van der Waals surface area (Å²) in [6.45, 7) is 0. The van der Waals surface area contributed by atoms with Crippen LogP contribution in [0.4, 0.5) is 5.69 Å². The van der Waals surface area contributed by atoms with Crippen LogP contribution < -0.4 is 26.4 Å². The standard InChI is InChI=1S/C25H19NO.C18H15P.C6H5.Ni/c27-24-18-9-3-8-17-23(24)26-25-21(19-11-4-1-5-12-19)15-10-16-22(25)20-13-6-2-7-14-20;1-4-10-16(11-5-1)19(17-12-6-2-7-13-17)18-14-8-3-9-15-18;1-2-4-6-5-3-1;/h1-18H,(H,26,27);1-15H;1-5H;/q;;-1;+2/p-1. The fourth-order valence-electron chi connectivity index (χ4n) is 5.62. The number of hydrogen-bond acceptors (Lipinski definition) is 2. The van der Waals surface area contributed by atoms with E-state index in [0.29, 0.717) is 5.36 Å². The first-order chi connectivity index (χ1) is 25.8. The minimum Gasteiger partial charge on any atom is -0.871 e. The van der Waals surface area contributed by atoms with Crippen molar-refractivity contribution in [3.63, 3.8) is 0 Å². The summed E-state index contributed by atoms with van der Waals surface area (Å²) in [6.07, 6.45) is 0. The van der Waals surface area contributed by atoms with E-state index >= 15 is 0 Å². The normalized spacial score (nSPS) is 10.5. The molecule has 0 spiro atoms. The molecule has 0 amide bonds. The van der Waals surface area contributed by atoms with E-state index in [9.17, 15) is 5.11 Å². The van der Waals surface area contributed by atoms with E-state index < -0.39 is 7.92 Å². The summed E-state index contributed by atoms with van der Waals surface area (Å²) in [5, 5.41) is 17.1. The molecule has 260 valence electrons. The molecule has 0 unspecified atom stereocenters. The predicted molar refractivity (Wildman–Crippen MR) is 219 cm³/mol. The van der Waals surface area contributed by atoms with Gasteiger partial charge >= 0.3 is 16.5 Å². The van der Waals surface area contributed by atoms with Gasteiger partial charge in [0.1, 0.15) is 0 Å². The van der Waals surface area contributed by atoms with Crippen molar-refractivity contribution >= 4 is 29.5 Å². The maximum Gasteiger partial charge on any atom is 2.00 e. The Bertz CT molecular complexity index is 2110. The third-order valence-electron chi connectivity index (χ3n) is 8.06. The van der Waals surface area contributed by atoms with Crippen molar-refractivity contribution in [2.24, 2.45) is 4.99 Å². The van der Waals surface area contributed by atoms with Crippen molar-refractivity contribution in [2.75, 3.05) is 0 Å². The van der Waals surface area contributed by atoms with Gasteiger partial charge in [0.15, 0.2) is 0 Å². The molecule has 0 atom stereocenters. The van der Waals surface area contributed by atoms with Gasteiger partial charge in [-0.15, -0.1) is 0 Å². The molecule has 0 saturated carbocycles. The van der Waals surface area contributed by atoms with Gasteiger partial charge in [-0.25, -0.2) is 4.99 Å². The zero-order valence-corrected chi connectivity index (χ0v) is 30.9. The van der Waals surface area contributed by atoms with Crippen molar-refractivity contribution in [3.05, 3.63) is 242 Å². The summed E-state index contributed by atoms with van der Waals surface area (Å²) < 4.78 is 0. The number of benzene rings is 7. The monoisotopic (exact) mass is 745 g/mol. The third kappa shape index (κ3) is 11.1. The largest absolute Gasteiger partial charge is 2.00 e. The van der Waals surface area contributed by atoms with Gasteiger partial charge in [0, 0.05) is 11.1 Å². The molecule has 8 aromatic carbocycles. The molecule has 0 heterocycles.